The van der Waals surface area contributed by atoms with E-state index in [-0.39, 0.29) is 18.1 Å². The van der Waals surface area contributed by atoms with Gasteiger partial charge in [0.25, 0.3) is 0 Å². The molecule has 1 aromatic carbocycles. The molecule has 0 radical (unpaired) electrons. The largest absolute Gasteiger partial charge is 0.372 e. The van der Waals surface area contributed by atoms with Gasteiger partial charge in [-0.15, -0.1) is 0 Å². The lowest BCUT2D eigenvalue weighted by Crippen LogP contribution is -2.48. The van der Waals surface area contributed by atoms with Crippen LogP contribution < -0.4 is 0 Å². The third kappa shape index (κ3) is 4.19. The number of nitrogens with zero attached hydrogens (tertiary/aromatic N) is 3. The summed E-state index contributed by atoms with van der Waals surface area (Å²) in [6.45, 7) is 7.26. The first-order valence-corrected chi connectivity index (χ1v) is 9.67. The van der Waals surface area contributed by atoms with Gasteiger partial charge >= 0.3 is 0 Å². The Bertz CT molecular complexity index is 755. The normalized spacial score (nSPS) is 20.7. The summed E-state index contributed by atoms with van der Waals surface area (Å²) in [7, 11) is 0. The minimum atomic E-state index is 0.0776. The fourth-order valence-electron chi connectivity index (χ4n) is 3.04. The maximum Gasteiger partial charge on any atom is 0.233 e. The van der Waals surface area contributed by atoms with E-state index >= 15 is 0 Å². The minimum absolute atomic E-state index is 0.0776. The highest BCUT2D eigenvalue weighted by Gasteiger charge is 2.26. The molecule has 7 heteroatoms. The number of thioether (sulfide) groups is 1. The van der Waals surface area contributed by atoms with Crippen LogP contribution in [0.3, 0.4) is 0 Å². The topological polar surface area (TPSA) is 47.4 Å². The molecule has 1 aliphatic rings. The van der Waals surface area contributed by atoms with E-state index < -0.39 is 0 Å². The Hall–Kier alpha value is -1.50. The number of benzene rings is 1. The lowest BCUT2D eigenvalue weighted by molar-refractivity contribution is -0.140. The first-order valence-electron chi connectivity index (χ1n) is 8.30. The number of carbonyl (C=O) groups is 1. The zero-order valence-electron chi connectivity index (χ0n) is 14.6. The third-order valence-electron chi connectivity index (χ3n) is 4.20. The molecule has 0 bridgehead atoms. The van der Waals surface area contributed by atoms with Crippen LogP contribution in [0, 0.1) is 6.92 Å². The smallest absolute Gasteiger partial charge is 0.233 e. The summed E-state index contributed by atoms with van der Waals surface area (Å²) in [5.74, 6) is 0.472. The minimum Gasteiger partial charge on any atom is -0.372 e. The van der Waals surface area contributed by atoms with Crippen molar-refractivity contribution < 1.29 is 9.53 Å². The molecule has 0 spiro atoms. The van der Waals surface area contributed by atoms with Crippen LogP contribution in [-0.4, -0.2) is 51.4 Å². The van der Waals surface area contributed by atoms with E-state index in [4.69, 9.17) is 16.3 Å². The van der Waals surface area contributed by atoms with Crippen molar-refractivity contribution in [2.24, 2.45) is 0 Å². The SMILES string of the molecule is Cc1c(Cl)cccc1-n1ccnc1SCC(=O)N1CC(C)OC(C)C1. The molecule has 1 fully saturated rings. The Labute approximate surface area is 157 Å². The Morgan fingerprint density at radius 2 is 2.08 bits per heavy atom. The average molecular weight is 380 g/mol. The first-order chi connectivity index (χ1) is 12.0. The monoisotopic (exact) mass is 379 g/mol. The van der Waals surface area contributed by atoms with E-state index in [0.29, 0.717) is 18.8 Å². The lowest BCUT2D eigenvalue weighted by Gasteiger charge is -2.35. The molecular formula is C18H22ClN3O2S. The number of amides is 1. The van der Waals surface area contributed by atoms with E-state index in [0.717, 1.165) is 21.4 Å². The van der Waals surface area contributed by atoms with E-state index in [2.05, 4.69) is 4.98 Å². The van der Waals surface area contributed by atoms with Gasteiger partial charge in [-0.3, -0.25) is 9.36 Å². The molecule has 2 heterocycles. The van der Waals surface area contributed by atoms with Gasteiger partial charge < -0.3 is 9.64 Å². The summed E-state index contributed by atoms with van der Waals surface area (Å²) < 4.78 is 7.66. The van der Waals surface area contributed by atoms with Gasteiger partial charge in [0.1, 0.15) is 0 Å². The number of hydrogen-bond donors (Lipinski definition) is 0. The van der Waals surface area contributed by atoms with Crippen LogP contribution >= 0.6 is 23.4 Å². The maximum absolute atomic E-state index is 12.5. The van der Waals surface area contributed by atoms with Crippen LogP contribution in [0.25, 0.3) is 5.69 Å². The van der Waals surface area contributed by atoms with E-state index in [1.54, 1.807) is 6.20 Å². The summed E-state index contributed by atoms with van der Waals surface area (Å²) in [4.78, 5) is 18.8. The van der Waals surface area contributed by atoms with Crippen molar-refractivity contribution in [2.45, 2.75) is 38.1 Å². The van der Waals surface area contributed by atoms with Crippen LogP contribution in [0.5, 0.6) is 0 Å². The summed E-state index contributed by atoms with van der Waals surface area (Å²) in [5.41, 5.74) is 1.97. The van der Waals surface area contributed by atoms with Crippen molar-refractivity contribution in [3.8, 4) is 5.69 Å². The molecule has 0 saturated carbocycles. The van der Waals surface area contributed by atoms with Crippen LogP contribution in [0.1, 0.15) is 19.4 Å². The molecular weight excluding hydrogens is 358 g/mol. The molecule has 2 aromatic rings. The van der Waals surface area contributed by atoms with Crippen LogP contribution in [0.2, 0.25) is 5.02 Å². The van der Waals surface area contributed by atoms with Crippen molar-refractivity contribution in [1.82, 2.24) is 14.5 Å². The van der Waals surface area contributed by atoms with Crippen molar-refractivity contribution >= 4 is 29.3 Å². The quantitative estimate of drug-likeness (QED) is 0.762. The summed E-state index contributed by atoms with van der Waals surface area (Å²) in [6.07, 6.45) is 3.79. The zero-order chi connectivity index (χ0) is 18.0. The number of ether oxygens (including phenoxy) is 1. The predicted molar refractivity (Wildman–Crippen MR) is 101 cm³/mol. The highest BCUT2D eigenvalue weighted by Crippen LogP contribution is 2.27. The van der Waals surface area contributed by atoms with E-state index in [1.165, 1.54) is 11.8 Å². The number of imidazole rings is 1. The number of carbonyl (C=O) groups excluding carboxylic acids is 1. The van der Waals surface area contributed by atoms with Crippen molar-refractivity contribution in [3.05, 3.63) is 41.2 Å². The second kappa shape index (κ2) is 7.81. The van der Waals surface area contributed by atoms with E-state index in [9.17, 15) is 4.79 Å². The van der Waals surface area contributed by atoms with Gasteiger partial charge in [-0.05, 0) is 38.5 Å². The number of aromatic nitrogens is 2. The van der Waals surface area contributed by atoms with Crippen LogP contribution in [0.4, 0.5) is 0 Å². The Kier molecular flexibility index (Phi) is 5.71. The number of rotatable bonds is 4. The van der Waals surface area contributed by atoms with Gasteiger partial charge in [0.2, 0.25) is 5.91 Å². The summed E-state index contributed by atoms with van der Waals surface area (Å²) in [5, 5.41) is 1.50. The average Bonchev–Trinajstić information content (AvgIpc) is 3.02. The van der Waals surface area contributed by atoms with Crippen molar-refractivity contribution in [3.63, 3.8) is 0 Å². The van der Waals surface area contributed by atoms with Gasteiger partial charge in [-0.1, -0.05) is 29.4 Å². The van der Waals surface area contributed by atoms with Gasteiger partial charge in [0.05, 0.1) is 23.6 Å². The second-order valence-electron chi connectivity index (χ2n) is 6.31. The number of halogens is 1. The summed E-state index contributed by atoms with van der Waals surface area (Å²) >= 11 is 7.67. The molecule has 5 nitrogen and oxygen atoms in total. The second-order valence-corrected chi connectivity index (χ2v) is 7.66. The molecule has 2 unspecified atom stereocenters. The molecule has 1 aromatic heterocycles. The van der Waals surface area contributed by atoms with Gasteiger partial charge in [-0.25, -0.2) is 4.98 Å². The maximum atomic E-state index is 12.5. The molecule has 1 saturated heterocycles. The van der Waals surface area contributed by atoms with Gasteiger partial charge in [0, 0.05) is 30.5 Å². The van der Waals surface area contributed by atoms with Crippen LogP contribution in [-0.2, 0) is 9.53 Å². The fraction of sp³-hybridized carbons (Fsp3) is 0.444. The standard InChI is InChI=1S/C18H22ClN3O2S/c1-12-9-21(10-13(2)24-12)17(23)11-25-18-20-7-8-22(18)16-6-4-5-15(19)14(16)3/h4-8,12-13H,9-11H2,1-3H3. The van der Waals surface area contributed by atoms with Crippen molar-refractivity contribution in [1.29, 1.82) is 0 Å². The number of hydrogen-bond acceptors (Lipinski definition) is 4. The van der Waals surface area contributed by atoms with E-state index in [1.807, 2.05) is 54.6 Å². The summed E-state index contributed by atoms with van der Waals surface area (Å²) in [6, 6.07) is 5.79. The lowest BCUT2D eigenvalue weighted by atomic mass is 10.2. The molecule has 0 N–H and O–H groups in total. The molecule has 134 valence electrons. The van der Waals surface area contributed by atoms with Crippen LogP contribution in [0.15, 0.2) is 35.7 Å². The first kappa shape index (κ1) is 18.3. The zero-order valence-corrected chi connectivity index (χ0v) is 16.2. The van der Waals surface area contributed by atoms with Gasteiger partial charge in [-0.2, -0.15) is 0 Å². The highest BCUT2D eigenvalue weighted by molar-refractivity contribution is 7.99. The fourth-order valence-corrected chi connectivity index (χ4v) is 4.07. The molecule has 0 aliphatic carbocycles. The third-order valence-corrected chi connectivity index (χ3v) is 5.56. The molecule has 1 aliphatic heterocycles. The molecule has 2 atom stereocenters. The molecule has 1 amide bonds. The highest BCUT2D eigenvalue weighted by atomic mass is 35.5. The molecule has 3 rings (SSSR count). The number of morpholine rings is 1. The molecule has 25 heavy (non-hydrogen) atoms. The Morgan fingerprint density at radius 3 is 2.80 bits per heavy atom. The predicted octanol–water partition coefficient (Wildman–Crippen LogP) is 3.56. The Morgan fingerprint density at radius 1 is 1.36 bits per heavy atom. The van der Waals surface area contributed by atoms with Crippen molar-refractivity contribution in [2.75, 3.05) is 18.8 Å². The Balaban J connectivity index is 1.70. The van der Waals surface area contributed by atoms with Gasteiger partial charge in [0.15, 0.2) is 5.16 Å².